The monoisotopic (exact) mass is 358 g/mol. The maximum absolute atomic E-state index is 11.3. The minimum Gasteiger partial charge on any atom is -0.507 e. The summed E-state index contributed by atoms with van der Waals surface area (Å²) in [6.45, 7) is 5.36. The summed E-state index contributed by atoms with van der Waals surface area (Å²) < 4.78 is 5.52. The number of ether oxygens (including phenoxy) is 1. The Bertz CT molecular complexity index is 526. The first-order valence-electron chi connectivity index (χ1n) is 6.33. The smallest absolute Gasteiger partial charge is 0.412 e. The van der Waals surface area contributed by atoms with Crippen LogP contribution in [0.2, 0.25) is 0 Å². The minimum absolute atomic E-state index is 0.0764. The molecular weight excluding hydrogens is 340 g/mol. The summed E-state index contributed by atoms with van der Waals surface area (Å²) in [5.41, 5.74) is 0.0320. The molecule has 116 valence electrons. The number of carbonyl (C=O) groups excluding carboxylic acids is 1. The standard InChI is InChI=1S/C14H19BrN2O4/c1-14(2,3)21-13(20)17-8-16-7-12(19)9-4-5-11(18)10(15)6-9/h4-6,8,12,18-19H,7H2,1-3H3,(H,16,17,20). The van der Waals surface area contributed by atoms with Crippen molar-refractivity contribution in [2.24, 2.45) is 4.99 Å². The van der Waals surface area contributed by atoms with Gasteiger partial charge in [-0.3, -0.25) is 10.3 Å². The summed E-state index contributed by atoms with van der Waals surface area (Å²) in [5.74, 6) is 0.0982. The topological polar surface area (TPSA) is 91.2 Å². The number of hydrogen-bond donors (Lipinski definition) is 3. The highest BCUT2D eigenvalue weighted by molar-refractivity contribution is 9.10. The van der Waals surface area contributed by atoms with Crippen molar-refractivity contribution in [1.29, 1.82) is 0 Å². The lowest BCUT2D eigenvalue weighted by Gasteiger charge is -2.18. The van der Waals surface area contributed by atoms with Crippen LogP contribution in [0.4, 0.5) is 4.79 Å². The fraction of sp³-hybridized carbons (Fsp3) is 0.429. The van der Waals surface area contributed by atoms with E-state index in [9.17, 15) is 15.0 Å². The molecule has 0 heterocycles. The Morgan fingerprint density at radius 2 is 2.19 bits per heavy atom. The van der Waals surface area contributed by atoms with Gasteiger partial charge in [0.1, 0.15) is 11.4 Å². The summed E-state index contributed by atoms with van der Waals surface area (Å²) >= 11 is 3.17. The van der Waals surface area contributed by atoms with E-state index in [0.29, 0.717) is 10.0 Å². The Balaban J connectivity index is 2.45. The SMILES string of the molecule is CC(C)(C)OC(=O)NC=NCC(O)c1ccc(O)c(Br)c1. The van der Waals surface area contributed by atoms with Gasteiger partial charge in [-0.1, -0.05) is 6.07 Å². The summed E-state index contributed by atoms with van der Waals surface area (Å²) in [5, 5.41) is 21.7. The molecule has 1 aromatic carbocycles. The molecule has 0 fully saturated rings. The van der Waals surface area contributed by atoms with Crippen LogP contribution < -0.4 is 5.32 Å². The number of aliphatic imine (C=N–C) groups is 1. The first-order chi connectivity index (χ1) is 9.69. The second-order valence-electron chi connectivity index (χ2n) is 5.37. The predicted molar refractivity (Wildman–Crippen MR) is 83.5 cm³/mol. The number of aromatic hydroxyl groups is 1. The molecule has 1 unspecified atom stereocenters. The second kappa shape index (κ2) is 7.42. The Hall–Kier alpha value is -1.60. The van der Waals surface area contributed by atoms with Crippen molar-refractivity contribution in [3.05, 3.63) is 28.2 Å². The quantitative estimate of drug-likeness (QED) is 0.570. The van der Waals surface area contributed by atoms with Crippen LogP contribution >= 0.6 is 15.9 Å². The fourth-order valence-electron chi connectivity index (χ4n) is 1.39. The molecule has 1 amide bonds. The Kier molecular flexibility index (Phi) is 6.17. The number of carbonyl (C=O) groups is 1. The van der Waals surface area contributed by atoms with Gasteiger partial charge in [-0.15, -0.1) is 0 Å². The number of aliphatic hydroxyl groups is 1. The van der Waals surface area contributed by atoms with Crippen molar-refractivity contribution in [1.82, 2.24) is 5.32 Å². The molecule has 1 aromatic rings. The van der Waals surface area contributed by atoms with E-state index in [-0.39, 0.29) is 12.3 Å². The fourth-order valence-corrected chi connectivity index (χ4v) is 1.79. The van der Waals surface area contributed by atoms with Gasteiger partial charge in [0, 0.05) is 0 Å². The van der Waals surface area contributed by atoms with Gasteiger partial charge >= 0.3 is 6.09 Å². The normalized spacial score (nSPS) is 13.2. The number of nitrogens with zero attached hydrogens (tertiary/aromatic N) is 1. The van der Waals surface area contributed by atoms with Gasteiger partial charge in [-0.2, -0.15) is 0 Å². The summed E-state index contributed by atoms with van der Waals surface area (Å²) in [6, 6.07) is 4.68. The molecule has 0 aliphatic rings. The highest BCUT2D eigenvalue weighted by Crippen LogP contribution is 2.27. The molecule has 0 radical (unpaired) electrons. The number of hydrogen-bond acceptors (Lipinski definition) is 5. The average molecular weight is 359 g/mol. The maximum atomic E-state index is 11.3. The predicted octanol–water partition coefficient (Wildman–Crippen LogP) is 2.74. The van der Waals surface area contributed by atoms with Gasteiger partial charge in [0.05, 0.1) is 23.5 Å². The highest BCUT2D eigenvalue weighted by Gasteiger charge is 2.15. The molecule has 1 atom stereocenters. The number of alkyl carbamates (subject to hydrolysis) is 1. The lowest BCUT2D eigenvalue weighted by molar-refractivity contribution is 0.0565. The molecule has 7 heteroatoms. The van der Waals surface area contributed by atoms with Crippen molar-refractivity contribution in [3.8, 4) is 5.75 Å². The third-order valence-electron chi connectivity index (χ3n) is 2.31. The Morgan fingerprint density at radius 3 is 2.76 bits per heavy atom. The van der Waals surface area contributed by atoms with Crippen molar-refractivity contribution in [2.45, 2.75) is 32.5 Å². The summed E-state index contributed by atoms with van der Waals surface area (Å²) in [4.78, 5) is 15.2. The second-order valence-corrected chi connectivity index (χ2v) is 6.22. The van der Waals surface area contributed by atoms with E-state index in [0.717, 1.165) is 0 Å². The first-order valence-corrected chi connectivity index (χ1v) is 7.12. The van der Waals surface area contributed by atoms with E-state index in [1.165, 1.54) is 12.4 Å². The number of nitrogens with one attached hydrogen (secondary N) is 1. The van der Waals surface area contributed by atoms with Crippen LogP contribution in [0.25, 0.3) is 0 Å². The average Bonchev–Trinajstić information content (AvgIpc) is 2.35. The maximum Gasteiger partial charge on any atom is 0.412 e. The Morgan fingerprint density at radius 1 is 1.52 bits per heavy atom. The minimum atomic E-state index is -0.835. The molecule has 0 aliphatic heterocycles. The van der Waals surface area contributed by atoms with Crippen LogP contribution in [0, 0.1) is 0 Å². The number of amides is 1. The molecule has 0 aromatic heterocycles. The number of benzene rings is 1. The molecule has 0 aliphatic carbocycles. The van der Waals surface area contributed by atoms with Gasteiger partial charge in [-0.25, -0.2) is 4.79 Å². The molecular formula is C14H19BrN2O4. The molecule has 21 heavy (non-hydrogen) atoms. The van der Waals surface area contributed by atoms with Crippen molar-refractivity contribution < 1.29 is 19.7 Å². The summed E-state index contributed by atoms with van der Waals surface area (Å²) in [6.07, 6.45) is -0.251. The number of rotatable bonds is 4. The number of halogens is 1. The summed E-state index contributed by atoms with van der Waals surface area (Å²) in [7, 11) is 0. The van der Waals surface area contributed by atoms with E-state index >= 15 is 0 Å². The number of phenolic OH excluding ortho intramolecular Hbond substituents is 1. The zero-order valence-corrected chi connectivity index (χ0v) is 13.7. The van der Waals surface area contributed by atoms with Crippen LogP contribution in [0.3, 0.4) is 0 Å². The van der Waals surface area contributed by atoms with Crippen LogP contribution in [-0.4, -0.2) is 34.8 Å². The van der Waals surface area contributed by atoms with Gasteiger partial charge < -0.3 is 14.9 Å². The van der Waals surface area contributed by atoms with Crippen LogP contribution in [-0.2, 0) is 4.74 Å². The zero-order valence-electron chi connectivity index (χ0n) is 12.1. The molecule has 0 bridgehead atoms. The van der Waals surface area contributed by atoms with Gasteiger partial charge in [0.15, 0.2) is 0 Å². The molecule has 1 rings (SSSR count). The van der Waals surface area contributed by atoms with E-state index in [1.54, 1.807) is 32.9 Å². The van der Waals surface area contributed by atoms with Crippen LogP contribution in [0.15, 0.2) is 27.7 Å². The highest BCUT2D eigenvalue weighted by atomic mass is 79.9. The van der Waals surface area contributed by atoms with Gasteiger partial charge in [0.2, 0.25) is 0 Å². The third kappa shape index (κ3) is 6.59. The van der Waals surface area contributed by atoms with Crippen molar-refractivity contribution >= 4 is 28.4 Å². The lowest BCUT2D eigenvalue weighted by atomic mass is 10.1. The molecule has 6 nitrogen and oxygen atoms in total. The molecule has 3 N–H and O–H groups in total. The largest absolute Gasteiger partial charge is 0.507 e. The third-order valence-corrected chi connectivity index (χ3v) is 2.94. The van der Waals surface area contributed by atoms with Crippen molar-refractivity contribution in [2.75, 3.05) is 6.54 Å². The first kappa shape index (κ1) is 17.5. The number of aliphatic hydroxyl groups excluding tert-OH is 1. The Labute approximate surface area is 132 Å². The van der Waals surface area contributed by atoms with E-state index in [1.807, 2.05) is 0 Å². The molecule has 0 saturated heterocycles. The van der Waals surface area contributed by atoms with E-state index in [2.05, 4.69) is 26.2 Å². The van der Waals surface area contributed by atoms with Crippen molar-refractivity contribution in [3.63, 3.8) is 0 Å². The van der Waals surface area contributed by atoms with E-state index in [4.69, 9.17) is 4.74 Å². The van der Waals surface area contributed by atoms with E-state index < -0.39 is 17.8 Å². The van der Waals surface area contributed by atoms with Crippen LogP contribution in [0.1, 0.15) is 32.4 Å². The zero-order chi connectivity index (χ0) is 16.0. The lowest BCUT2D eigenvalue weighted by Crippen LogP contribution is -2.31. The number of phenols is 1. The molecule has 0 saturated carbocycles. The van der Waals surface area contributed by atoms with Gasteiger partial charge in [-0.05, 0) is 54.4 Å². The van der Waals surface area contributed by atoms with Crippen LogP contribution in [0.5, 0.6) is 5.75 Å². The van der Waals surface area contributed by atoms with Gasteiger partial charge in [0.25, 0.3) is 0 Å². The molecule has 0 spiro atoms.